The minimum absolute atomic E-state index is 0.248. The van der Waals surface area contributed by atoms with Gasteiger partial charge in [-0.1, -0.05) is 5.16 Å². The van der Waals surface area contributed by atoms with Crippen LogP contribution in [0.3, 0.4) is 0 Å². The number of hydrogen-bond donors (Lipinski definition) is 1. The molecule has 5 heteroatoms. The van der Waals surface area contributed by atoms with Crippen LogP contribution < -0.4 is 0 Å². The molecular formula is C12H14N4O. The van der Waals surface area contributed by atoms with E-state index in [4.69, 9.17) is 4.52 Å². The lowest BCUT2D eigenvalue weighted by molar-refractivity contribution is 0.350. The first kappa shape index (κ1) is 9.39. The van der Waals surface area contributed by atoms with Crippen LogP contribution in [0.25, 0.3) is 0 Å². The zero-order valence-electron chi connectivity index (χ0n) is 9.52. The first-order valence-electron chi connectivity index (χ1n) is 6.27. The van der Waals surface area contributed by atoms with Gasteiger partial charge >= 0.3 is 0 Å². The minimum atomic E-state index is 0.248. The van der Waals surface area contributed by atoms with Gasteiger partial charge in [0.2, 0.25) is 5.89 Å². The highest BCUT2D eigenvalue weighted by atomic mass is 16.5. The fourth-order valence-corrected chi connectivity index (χ4v) is 2.61. The van der Waals surface area contributed by atoms with E-state index in [-0.39, 0.29) is 5.92 Å². The Balaban J connectivity index is 1.70. The van der Waals surface area contributed by atoms with Gasteiger partial charge in [0, 0.05) is 17.2 Å². The van der Waals surface area contributed by atoms with Crippen molar-refractivity contribution < 1.29 is 4.52 Å². The molecule has 0 aromatic carbocycles. The second kappa shape index (κ2) is 3.42. The van der Waals surface area contributed by atoms with Gasteiger partial charge in [0.1, 0.15) is 0 Å². The summed E-state index contributed by atoms with van der Waals surface area (Å²) >= 11 is 0. The Kier molecular flexibility index (Phi) is 1.89. The third-order valence-corrected chi connectivity index (χ3v) is 3.74. The highest BCUT2D eigenvalue weighted by Crippen LogP contribution is 2.40. The highest BCUT2D eigenvalue weighted by molar-refractivity contribution is 5.29. The first-order chi connectivity index (χ1) is 8.42. The van der Waals surface area contributed by atoms with Crippen molar-refractivity contribution in [3.05, 3.63) is 29.2 Å². The van der Waals surface area contributed by atoms with Gasteiger partial charge in [-0.2, -0.15) is 10.1 Å². The van der Waals surface area contributed by atoms with Crippen molar-refractivity contribution in [2.45, 2.75) is 43.9 Å². The number of nitrogens with zero attached hydrogens (tertiary/aromatic N) is 3. The number of H-pyrrole nitrogens is 1. The summed E-state index contributed by atoms with van der Waals surface area (Å²) in [5, 5.41) is 11.3. The second-order valence-electron chi connectivity index (χ2n) is 5.01. The monoisotopic (exact) mass is 230 g/mol. The van der Waals surface area contributed by atoms with Crippen LogP contribution in [0.4, 0.5) is 0 Å². The predicted octanol–water partition coefficient (Wildman–Crippen LogP) is 2.14. The normalized spacial score (nSPS) is 23.6. The van der Waals surface area contributed by atoms with Crippen molar-refractivity contribution in [1.82, 2.24) is 20.3 Å². The van der Waals surface area contributed by atoms with Gasteiger partial charge in [0.15, 0.2) is 5.82 Å². The number of nitrogens with one attached hydrogen (secondary N) is 1. The minimum Gasteiger partial charge on any atom is -0.339 e. The number of hydrogen-bond acceptors (Lipinski definition) is 4. The van der Waals surface area contributed by atoms with Crippen molar-refractivity contribution >= 4 is 0 Å². The summed E-state index contributed by atoms with van der Waals surface area (Å²) in [6, 6.07) is 0. The molecule has 4 rings (SSSR count). The van der Waals surface area contributed by atoms with Crippen LogP contribution >= 0.6 is 0 Å². The first-order valence-corrected chi connectivity index (χ1v) is 6.27. The van der Waals surface area contributed by atoms with Crippen LogP contribution in [0.15, 0.2) is 10.7 Å². The molecule has 0 spiro atoms. The predicted molar refractivity (Wildman–Crippen MR) is 59.6 cm³/mol. The number of rotatable bonds is 2. The van der Waals surface area contributed by atoms with E-state index in [0.29, 0.717) is 5.92 Å². The van der Waals surface area contributed by atoms with Crippen molar-refractivity contribution in [2.75, 3.05) is 0 Å². The standard InChI is InChI=1S/C12H14N4O/c1-2-8(9-6-13-15-10(9)3-1)12-14-11(16-17-12)7-4-5-7/h6-8H,1-5H2,(H,13,15)/t8-/m0/s1. The van der Waals surface area contributed by atoms with Crippen molar-refractivity contribution in [2.24, 2.45) is 0 Å². The van der Waals surface area contributed by atoms with E-state index in [1.165, 1.54) is 24.1 Å². The Morgan fingerprint density at radius 2 is 2.24 bits per heavy atom. The molecule has 0 bridgehead atoms. The fourth-order valence-electron chi connectivity index (χ4n) is 2.61. The number of aryl methyl sites for hydroxylation is 1. The van der Waals surface area contributed by atoms with E-state index in [9.17, 15) is 0 Å². The summed E-state index contributed by atoms with van der Waals surface area (Å²) in [6.45, 7) is 0. The number of aromatic amines is 1. The Labute approximate surface area is 98.6 Å². The molecule has 5 nitrogen and oxygen atoms in total. The number of fused-ring (bicyclic) bond motifs is 1. The Hall–Kier alpha value is -1.65. The molecule has 0 aliphatic heterocycles. The van der Waals surface area contributed by atoms with Crippen molar-refractivity contribution in [3.8, 4) is 0 Å². The molecule has 1 N–H and O–H groups in total. The SMILES string of the molecule is c1n[nH]c2c1[C@@H](c1nc(C3CC3)no1)CCC2. The van der Waals surface area contributed by atoms with Gasteiger partial charge in [0.05, 0.1) is 12.1 Å². The third-order valence-electron chi connectivity index (χ3n) is 3.74. The molecule has 2 aliphatic rings. The van der Waals surface area contributed by atoms with Gasteiger partial charge in [-0.3, -0.25) is 5.10 Å². The van der Waals surface area contributed by atoms with E-state index in [0.717, 1.165) is 31.0 Å². The summed E-state index contributed by atoms with van der Waals surface area (Å²) in [7, 11) is 0. The van der Waals surface area contributed by atoms with Gasteiger partial charge in [0.25, 0.3) is 0 Å². The molecule has 0 unspecified atom stereocenters. The van der Waals surface area contributed by atoms with Crippen LogP contribution in [0.2, 0.25) is 0 Å². The van der Waals surface area contributed by atoms with E-state index in [1.54, 1.807) is 0 Å². The zero-order chi connectivity index (χ0) is 11.2. The molecule has 1 atom stereocenters. The lowest BCUT2D eigenvalue weighted by atomic mass is 9.87. The number of aromatic nitrogens is 4. The van der Waals surface area contributed by atoms with Gasteiger partial charge < -0.3 is 4.52 Å². The van der Waals surface area contributed by atoms with Crippen LogP contribution in [-0.2, 0) is 6.42 Å². The Morgan fingerprint density at radius 3 is 3.12 bits per heavy atom. The van der Waals surface area contributed by atoms with E-state index in [2.05, 4.69) is 20.3 Å². The molecule has 2 aromatic heterocycles. The van der Waals surface area contributed by atoms with Crippen LogP contribution in [0.1, 0.15) is 60.5 Å². The summed E-state index contributed by atoms with van der Waals surface area (Å²) < 4.78 is 5.43. The fraction of sp³-hybridized carbons (Fsp3) is 0.583. The Morgan fingerprint density at radius 1 is 1.29 bits per heavy atom. The lowest BCUT2D eigenvalue weighted by Gasteiger charge is -2.17. The van der Waals surface area contributed by atoms with Crippen molar-refractivity contribution in [1.29, 1.82) is 0 Å². The maximum Gasteiger partial charge on any atom is 0.234 e. The zero-order valence-corrected chi connectivity index (χ0v) is 9.52. The molecule has 88 valence electrons. The largest absolute Gasteiger partial charge is 0.339 e. The molecule has 1 saturated carbocycles. The van der Waals surface area contributed by atoms with Gasteiger partial charge in [-0.25, -0.2) is 0 Å². The molecule has 0 amide bonds. The molecule has 1 fully saturated rings. The molecule has 17 heavy (non-hydrogen) atoms. The van der Waals surface area contributed by atoms with Crippen molar-refractivity contribution in [3.63, 3.8) is 0 Å². The summed E-state index contributed by atoms with van der Waals surface area (Å²) in [6.07, 6.45) is 7.64. The second-order valence-corrected chi connectivity index (χ2v) is 5.01. The van der Waals surface area contributed by atoms with Gasteiger partial charge in [-0.15, -0.1) is 0 Å². The molecular weight excluding hydrogens is 216 g/mol. The molecule has 2 aromatic rings. The average Bonchev–Trinajstić information content (AvgIpc) is 2.93. The van der Waals surface area contributed by atoms with E-state index < -0.39 is 0 Å². The third kappa shape index (κ3) is 1.49. The molecule has 2 heterocycles. The molecule has 2 aliphatic carbocycles. The van der Waals surface area contributed by atoms with Gasteiger partial charge in [-0.05, 0) is 32.1 Å². The van der Waals surface area contributed by atoms with E-state index >= 15 is 0 Å². The van der Waals surface area contributed by atoms with Crippen LogP contribution in [-0.4, -0.2) is 20.3 Å². The van der Waals surface area contributed by atoms with E-state index in [1.807, 2.05) is 6.20 Å². The summed E-state index contributed by atoms with van der Waals surface area (Å²) in [4.78, 5) is 4.55. The smallest absolute Gasteiger partial charge is 0.234 e. The quantitative estimate of drug-likeness (QED) is 0.858. The molecule has 0 radical (unpaired) electrons. The van der Waals surface area contributed by atoms with Crippen LogP contribution in [0, 0.1) is 0 Å². The lowest BCUT2D eigenvalue weighted by Crippen LogP contribution is -2.10. The average molecular weight is 230 g/mol. The Bertz CT molecular complexity index is 540. The maximum atomic E-state index is 5.43. The molecule has 0 saturated heterocycles. The summed E-state index contributed by atoms with van der Waals surface area (Å²) in [5.41, 5.74) is 2.47. The summed E-state index contributed by atoms with van der Waals surface area (Å²) in [5.74, 6) is 2.47. The maximum absolute atomic E-state index is 5.43. The highest BCUT2D eigenvalue weighted by Gasteiger charge is 2.32. The van der Waals surface area contributed by atoms with Crippen LogP contribution in [0.5, 0.6) is 0 Å². The topological polar surface area (TPSA) is 67.6 Å².